The van der Waals surface area contributed by atoms with Crippen molar-refractivity contribution < 1.29 is 14.6 Å². The molecular formula is C22H24N4O3. The number of amides is 1. The second-order valence-electron chi connectivity index (χ2n) is 6.44. The summed E-state index contributed by atoms with van der Waals surface area (Å²) in [5.74, 6) is 0.368. The lowest BCUT2D eigenvalue weighted by Crippen LogP contribution is -2.42. The first kappa shape index (κ1) is 20.3. The van der Waals surface area contributed by atoms with Crippen LogP contribution in [0.2, 0.25) is 0 Å². The lowest BCUT2D eigenvalue weighted by Gasteiger charge is -2.23. The van der Waals surface area contributed by atoms with Crippen LogP contribution in [0.15, 0.2) is 67.3 Å². The minimum Gasteiger partial charge on any atom is -0.504 e. The molecule has 0 bridgehead atoms. The van der Waals surface area contributed by atoms with Crippen molar-refractivity contribution in [3.63, 3.8) is 0 Å². The Bertz CT molecular complexity index is 920. The number of hydrazine groups is 1. The molecule has 0 saturated heterocycles. The zero-order valence-corrected chi connectivity index (χ0v) is 16.3. The minimum atomic E-state index is -0.215. The number of phenols is 1. The van der Waals surface area contributed by atoms with Crippen molar-refractivity contribution in [3.05, 3.63) is 83.9 Å². The van der Waals surface area contributed by atoms with Gasteiger partial charge in [0.2, 0.25) is 0 Å². The third-order valence-corrected chi connectivity index (χ3v) is 4.30. The van der Waals surface area contributed by atoms with Gasteiger partial charge in [0.05, 0.1) is 12.2 Å². The van der Waals surface area contributed by atoms with E-state index in [1.54, 1.807) is 36.8 Å². The highest BCUT2D eigenvalue weighted by Crippen LogP contribution is 2.27. The molecule has 2 heterocycles. The van der Waals surface area contributed by atoms with Crippen molar-refractivity contribution in [1.82, 2.24) is 20.4 Å². The number of ether oxygens (including phenoxy) is 1. The monoisotopic (exact) mass is 392 g/mol. The van der Waals surface area contributed by atoms with Crippen LogP contribution >= 0.6 is 0 Å². The molecule has 3 aromatic rings. The second-order valence-corrected chi connectivity index (χ2v) is 6.44. The summed E-state index contributed by atoms with van der Waals surface area (Å²) in [6.45, 7) is 3.46. The maximum atomic E-state index is 12.6. The first-order valence-corrected chi connectivity index (χ1v) is 9.45. The summed E-state index contributed by atoms with van der Waals surface area (Å²) in [6.07, 6.45) is 7.29. The predicted molar refractivity (Wildman–Crippen MR) is 109 cm³/mol. The Morgan fingerprint density at radius 2 is 1.93 bits per heavy atom. The number of nitrogens with zero attached hydrogens (tertiary/aromatic N) is 3. The van der Waals surface area contributed by atoms with Gasteiger partial charge in [0.25, 0.3) is 5.91 Å². The maximum Gasteiger partial charge on any atom is 0.267 e. The van der Waals surface area contributed by atoms with Crippen molar-refractivity contribution in [2.75, 3.05) is 13.2 Å². The molecular weight excluding hydrogens is 368 g/mol. The van der Waals surface area contributed by atoms with Crippen molar-refractivity contribution in [1.29, 1.82) is 0 Å². The molecule has 0 aliphatic heterocycles. The van der Waals surface area contributed by atoms with E-state index in [1.807, 2.05) is 36.2 Å². The van der Waals surface area contributed by atoms with Gasteiger partial charge in [-0.3, -0.25) is 20.2 Å². The van der Waals surface area contributed by atoms with Gasteiger partial charge in [0, 0.05) is 37.9 Å². The highest BCUT2D eigenvalue weighted by molar-refractivity contribution is 5.93. The molecule has 2 N–H and O–H groups in total. The van der Waals surface area contributed by atoms with Gasteiger partial charge in [-0.15, -0.1) is 0 Å². The number of hydrogen-bond acceptors (Lipinski definition) is 6. The normalized spacial score (nSPS) is 10.7. The van der Waals surface area contributed by atoms with Crippen LogP contribution in [0.1, 0.15) is 28.4 Å². The molecule has 0 radical (unpaired) electrons. The molecule has 1 amide bonds. The molecule has 2 aromatic heterocycles. The molecule has 0 spiro atoms. The molecule has 7 heteroatoms. The molecule has 0 unspecified atom stereocenters. The van der Waals surface area contributed by atoms with E-state index < -0.39 is 0 Å². The van der Waals surface area contributed by atoms with Gasteiger partial charge in [-0.25, -0.2) is 5.01 Å². The highest BCUT2D eigenvalue weighted by Gasteiger charge is 2.13. The van der Waals surface area contributed by atoms with Crippen LogP contribution in [0.25, 0.3) is 0 Å². The van der Waals surface area contributed by atoms with Gasteiger partial charge in [-0.2, -0.15) is 0 Å². The number of phenolic OH excluding ortho intramolecular Hbond substituents is 1. The zero-order valence-electron chi connectivity index (χ0n) is 16.3. The lowest BCUT2D eigenvalue weighted by molar-refractivity contribution is 0.0776. The summed E-state index contributed by atoms with van der Waals surface area (Å²) in [4.78, 5) is 20.6. The number of benzene rings is 1. The van der Waals surface area contributed by atoms with Crippen LogP contribution in [-0.4, -0.2) is 39.1 Å². The van der Waals surface area contributed by atoms with E-state index in [0.717, 1.165) is 11.1 Å². The first-order chi connectivity index (χ1) is 14.2. The smallest absolute Gasteiger partial charge is 0.267 e. The third kappa shape index (κ3) is 6.02. The molecule has 29 heavy (non-hydrogen) atoms. The van der Waals surface area contributed by atoms with Gasteiger partial charge >= 0.3 is 0 Å². The third-order valence-electron chi connectivity index (χ3n) is 4.30. The SMILES string of the molecule is CCOc1cc(CCN(Cc2ccncc2)NC(=O)c2cccnc2)ccc1O. The fraction of sp³-hybridized carbons (Fsp3) is 0.227. The Labute approximate surface area is 170 Å². The molecule has 0 saturated carbocycles. The molecule has 0 aliphatic rings. The van der Waals surface area contributed by atoms with Crippen molar-refractivity contribution in [3.8, 4) is 11.5 Å². The van der Waals surface area contributed by atoms with E-state index in [9.17, 15) is 9.90 Å². The van der Waals surface area contributed by atoms with Crippen LogP contribution in [-0.2, 0) is 13.0 Å². The Hall–Kier alpha value is -3.45. The molecule has 0 atom stereocenters. The van der Waals surface area contributed by atoms with Crippen molar-refractivity contribution in [2.24, 2.45) is 0 Å². The van der Waals surface area contributed by atoms with Crippen LogP contribution in [0.5, 0.6) is 11.5 Å². The fourth-order valence-electron chi connectivity index (χ4n) is 2.84. The lowest BCUT2D eigenvalue weighted by atomic mass is 10.1. The maximum absolute atomic E-state index is 12.6. The predicted octanol–water partition coefficient (Wildman–Crippen LogP) is 2.97. The number of nitrogens with one attached hydrogen (secondary N) is 1. The van der Waals surface area contributed by atoms with E-state index in [4.69, 9.17) is 4.74 Å². The number of pyridine rings is 2. The number of carbonyl (C=O) groups is 1. The van der Waals surface area contributed by atoms with Crippen LogP contribution in [0.3, 0.4) is 0 Å². The standard InChI is InChI=1S/C22H24N4O3/c1-2-29-21-14-17(5-6-20(21)27)9-13-26(16-18-7-11-23-12-8-18)25-22(28)19-4-3-10-24-15-19/h3-8,10-12,14-15,27H,2,9,13,16H2,1H3,(H,25,28). The Kier molecular flexibility index (Phi) is 7.13. The summed E-state index contributed by atoms with van der Waals surface area (Å²) in [6, 6.07) is 12.6. The van der Waals surface area contributed by atoms with E-state index in [-0.39, 0.29) is 11.7 Å². The molecule has 1 aromatic carbocycles. The molecule has 7 nitrogen and oxygen atoms in total. The molecule has 150 valence electrons. The molecule has 3 rings (SSSR count). The number of rotatable bonds is 9. The largest absolute Gasteiger partial charge is 0.504 e. The number of carbonyl (C=O) groups excluding carboxylic acids is 1. The summed E-state index contributed by atoms with van der Waals surface area (Å²) < 4.78 is 5.45. The summed E-state index contributed by atoms with van der Waals surface area (Å²) in [5, 5.41) is 11.7. The summed E-state index contributed by atoms with van der Waals surface area (Å²) in [5.41, 5.74) is 5.49. The van der Waals surface area contributed by atoms with E-state index in [0.29, 0.717) is 37.4 Å². The first-order valence-electron chi connectivity index (χ1n) is 9.45. The topological polar surface area (TPSA) is 87.6 Å². The van der Waals surface area contributed by atoms with Crippen molar-refractivity contribution in [2.45, 2.75) is 19.9 Å². The van der Waals surface area contributed by atoms with E-state index >= 15 is 0 Å². The highest BCUT2D eigenvalue weighted by atomic mass is 16.5. The Balaban J connectivity index is 1.71. The quantitative estimate of drug-likeness (QED) is 0.545. The van der Waals surface area contributed by atoms with Gasteiger partial charge in [0.1, 0.15) is 0 Å². The summed E-state index contributed by atoms with van der Waals surface area (Å²) in [7, 11) is 0. The van der Waals surface area contributed by atoms with Crippen LogP contribution < -0.4 is 10.2 Å². The van der Waals surface area contributed by atoms with Crippen LogP contribution in [0, 0.1) is 0 Å². The van der Waals surface area contributed by atoms with E-state index in [1.165, 1.54) is 6.20 Å². The van der Waals surface area contributed by atoms with Gasteiger partial charge < -0.3 is 9.84 Å². The van der Waals surface area contributed by atoms with Gasteiger partial charge in [0.15, 0.2) is 11.5 Å². The molecule has 0 fully saturated rings. The van der Waals surface area contributed by atoms with Gasteiger partial charge in [-0.05, 0) is 60.9 Å². The molecule has 0 aliphatic carbocycles. The number of hydrogen-bond donors (Lipinski definition) is 2. The number of aromatic nitrogens is 2. The summed E-state index contributed by atoms with van der Waals surface area (Å²) >= 11 is 0. The van der Waals surface area contributed by atoms with Crippen LogP contribution in [0.4, 0.5) is 0 Å². The average Bonchev–Trinajstić information content (AvgIpc) is 2.75. The van der Waals surface area contributed by atoms with Crippen molar-refractivity contribution >= 4 is 5.91 Å². The average molecular weight is 392 g/mol. The zero-order chi connectivity index (χ0) is 20.5. The number of aromatic hydroxyl groups is 1. The fourth-order valence-corrected chi connectivity index (χ4v) is 2.84. The Morgan fingerprint density at radius 3 is 2.66 bits per heavy atom. The second kappa shape index (κ2) is 10.2. The van der Waals surface area contributed by atoms with Gasteiger partial charge in [-0.1, -0.05) is 6.07 Å². The Morgan fingerprint density at radius 1 is 1.10 bits per heavy atom. The van der Waals surface area contributed by atoms with E-state index in [2.05, 4.69) is 15.4 Å². The minimum absolute atomic E-state index is 0.120.